The summed E-state index contributed by atoms with van der Waals surface area (Å²) >= 11 is 0. The molecular formula is C68H138N2O6P+. The summed E-state index contributed by atoms with van der Waals surface area (Å²) in [5, 5.41) is 14.2. The van der Waals surface area contributed by atoms with E-state index < -0.39 is 20.0 Å². The lowest BCUT2D eigenvalue weighted by molar-refractivity contribution is -0.870. The number of aliphatic hydroxyl groups excluding tert-OH is 1. The van der Waals surface area contributed by atoms with Crippen LogP contribution in [-0.2, 0) is 18.4 Å². The van der Waals surface area contributed by atoms with Crippen molar-refractivity contribution in [2.24, 2.45) is 0 Å². The van der Waals surface area contributed by atoms with Crippen LogP contribution in [0.15, 0.2) is 12.2 Å². The Labute approximate surface area is 482 Å². The third kappa shape index (κ3) is 62.7. The molecule has 0 heterocycles. The SMILES string of the molecule is CCCCCCCCCC/C=C\CCCCCCCCCCCCCCCCCC(=O)NC(COP(=O)(O)OCC[N+](C)(C)C)C(O)CCCCCCCCCCCCCCCCCCCCCCCCCCCCCC. The quantitative estimate of drug-likeness (QED) is 0.0243. The van der Waals surface area contributed by atoms with Crippen LogP contribution in [0.25, 0.3) is 0 Å². The second-order valence-corrected chi connectivity index (χ2v) is 26.7. The van der Waals surface area contributed by atoms with Crippen LogP contribution in [0.2, 0.25) is 0 Å². The summed E-state index contributed by atoms with van der Waals surface area (Å²) in [6.07, 6.45) is 75.9. The van der Waals surface area contributed by atoms with Crippen molar-refractivity contribution < 1.29 is 32.9 Å². The Morgan fingerprint density at radius 3 is 1.00 bits per heavy atom. The van der Waals surface area contributed by atoms with Crippen molar-refractivity contribution >= 4 is 13.7 Å². The van der Waals surface area contributed by atoms with Crippen molar-refractivity contribution in [3.8, 4) is 0 Å². The Morgan fingerprint density at radius 2 is 0.701 bits per heavy atom. The number of likely N-dealkylation sites (N-methyl/N-ethyl adjacent to an activating group) is 1. The number of phosphoric ester groups is 1. The largest absolute Gasteiger partial charge is 0.472 e. The average Bonchev–Trinajstić information content (AvgIpc) is 3.39. The number of amides is 1. The normalized spacial score (nSPS) is 13.7. The molecule has 0 fully saturated rings. The Morgan fingerprint density at radius 1 is 0.429 bits per heavy atom. The fourth-order valence-electron chi connectivity index (χ4n) is 10.9. The van der Waals surface area contributed by atoms with E-state index in [1.807, 2.05) is 21.1 Å². The lowest BCUT2D eigenvalue weighted by atomic mass is 10.0. The van der Waals surface area contributed by atoms with Crippen molar-refractivity contribution in [1.82, 2.24) is 5.32 Å². The van der Waals surface area contributed by atoms with Gasteiger partial charge in [-0.2, -0.15) is 0 Å². The highest BCUT2D eigenvalue weighted by Gasteiger charge is 2.28. The monoisotopic (exact) mass is 1110 g/mol. The van der Waals surface area contributed by atoms with Gasteiger partial charge in [-0.3, -0.25) is 13.8 Å². The molecule has 0 saturated heterocycles. The zero-order valence-electron chi connectivity index (χ0n) is 52.7. The number of aliphatic hydroxyl groups is 1. The summed E-state index contributed by atoms with van der Waals surface area (Å²) in [4.78, 5) is 23.4. The predicted octanol–water partition coefficient (Wildman–Crippen LogP) is 21.7. The summed E-state index contributed by atoms with van der Waals surface area (Å²) in [5.74, 6) is -0.136. The van der Waals surface area contributed by atoms with E-state index in [1.165, 1.54) is 302 Å². The molecule has 3 atom stereocenters. The van der Waals surface area contributed by atoms with Gasteiger partial charge in [0.1, 0.15) is 13.2 Å². The van der Waals surface area contributed by atoms with E-state index in [-0.39, 0.29) is 19.1 Å². The van der Waals surface area contributed by atoms with E-state index in [2.05, 4.69) is 31.3 Å². The molecule has 77 heavy (non-hydrogen) atoms. The maximum atomic E-state index is 13.1. The van der Waals surface area contributed by atoms with Gasteiger partial charge in [0.2, 0.25) is 5.91 Å². The Balaban J connectivity index is 4.01. The molecule has 8 nitrogen and oxygen atoms in total. The highest BCUT2D eigenvalue weighted by Crippen LogP contribution is 2.43. The minimum atomic E-state index is -4.33. The van der Waals surface area contributed by atoms with Crippen molar-refractivity contribution in [2.75, 3.05) is 40.9 Å². The molecule has 0 aliphatic heterocycles. The molecular weight excluding hydrogens is 972 g/mol. The number of carbonyl (C=O) groups excluding carboxylic acids is 1. The molecule has 0 aromatic carbocycles. The Hall–Kier alpha value is -0.760. The average molecular weight is 1110 g/mol. The van der Waals surface area contributed by atoms with Crippen molar-refractivity contribution in [3.63, 3.8) is 0 Å². The van der Waals surface area contributed by atoms with Crippen LogP contribution in [0.4, 0.5) is 0 Å². The van der Waals surface area contributed by atoms with Gasteiger partial charge in [-0.25, -0.2) is 4.57 Å². The topological polar surface area (TPSA) is 105 Å². The van der Waals surface area contributed by atoms with Crippen molar-refractivity contribution in [3.05, 3.63) is 12.2 Å². The van der Waals surface area contributed by atoms with Crippen LogP contribution in [0.3, 0.4) is 0 Å². The maximum Gasteiger partial charge on any atom is 0.472 e. The van der Waals surface area contributed by atoms with Gasteiger partial charge in [0.15, 0.2) is 0 Å². The molecule has 0 saturated carbocycles. The molecule has 0 aliphatic carbocycles. The first-order valence-corrected chi connectivity index (χ1v) is 36.0. The standard InChI is InChI=1S/C68H137N2O6P/c1-6-8-10-12-14-16-18-20-22-24-26-28-30-32-34-36-37-39-41-43-45-47-49-51-53-55-57-59-61-67(71)66(65-76-77(73,74)75-64-63-70(3,4)5)69-68(72)62-60-58-56-54-52-50-48-46-44-42-40-38-35-33-31-29-27-25-23-21-19-17-15-13-11-9-7-2/h25,27,66-67,71H,6-24,26,28-65H2,1-5H3,(H-,69,72,73,74)/p+1/b27-25-. The Kier molecular flexibility index (Phi) is 59.3. The Bertz CT molecular complexity index is 1260. The minimum absolute atomic E-state index is 0.0781. The zero-order valence-corrected chi connectivity index (χ0v) is 53.6. The molecule has 1 amide bonds. The molecule has 0 spiro atoms. The van der Waals surface area contributed by atoms with Crippen LogP contribution in [-0.4, -0.2) is 73.4 Å². The summed E-state index contributed by atoms with van der Waals surface area (Å²) < 4.78 is 23.9. The van der Waals surface area contributed by atoms with Gasteiger partial charge in [0, 0.05) is 6.42 Å². The van der Waals surface area contributed by atoms with Gasteiger partial charge in [0.05, 0.1) is 39.9 Å². The van der Waals surface area contributed by atoms with Gasteiger partial charge in [0.25, 0.3) is 0 Å². The smallest absolute Gasteiger partial charge is 0.391 e. The fraction of sp³-hybridized carbons (Fsp3) is 0.956. The van der Waals surface area contributed by atoms with Gasteiger partial charge >= 0.3 is 7.82 Å². The van der Waals surface area contributed by atoms with Crippen molar-refractivity contribution in [2.45, 2.75) is 379 Å². The maximum absolute atomic E-state index is 13.1. The summed E-state index contributed by atoms with van der Waals surface area (Å²) in [6.45, 7) is 4.96. The summed E-state index contributed by atoms with van der Waals surface area (Å²) in [6, 6.07) is -0.759. The number of carbonyl (C=O) groups is 1. The van der Waals surface area contributed by atoms with E-state index in [1.54, 1.807) is 0 Å². The molecule has 9 heteroatoms. The molecule has 0 radical (unpaired) electrons. The molecule has 0 bridgehead atoms. The van der Waals surface area contributed by atoms with Crippen molar-refractivity contribution in [1.29, 1.82) is 0 Å². The first-order chi connectivity index (χ1) is 37.5. The molecule has 0 rings (SSSR count). The van der Waals surface area contributed by atoms with E-state index in [4.69, 9.17) is 9.05 Å². The number of nitrogens with zero attached hydrogens (tertiary/aromatic N) is 1. The number of quaternary nitrogens is 1. The number of unbranched alkanes of at least 4 members (excludes halogenated alkanes) is 50. The van der Waals surface area contributed by atoms with E-state index >= 15 is 0 Å². The van der Waals surface area contributed by atoms with Crippen LogP contribution < -0.4 is 5.32 Å². The van der Waals surface area contributed by atoms with E-state index in [9.17, 15) is 19.4 Å². The molecule has 0 aromatic rings. The van der Waals surface area contributed by atoms with Gasteiger partial charge in [-0.05, 0) is 38.5 Å². The molecule has 3 N–H and O–H groups in total. The highest BCUT2D eigenvalue weighted by molar-refractivity contribution is 7.47. The van der Waals surface area contributed by atoms with E-state index in [0.29, 0.717) is 23.9 Å². The summed E-state index contributed by atoms with van der Waals surface area (Å²) in [7, 11) is 1.64. The number of nitrogens with one attached hydrogen (secondary N) is 1. The third-order valence-electron chi connectivity index (χ3n) is 16.3. The predicted molar refractivity (Wildman–Crippen MR) is 337 cm³/mol. The number of hydrogen-bond donors (Lipinski definition) is 3. The van der Waals surface area contributed by atoms with Crippen LogP contribution >= 0.6 is 7.82 Å². The number of hydrogen-bond acceptors (Lipinski definition) is 5. The lowest BCUT2D eigenvalue weighted by Gasteiger charge is -2.26. The molecule has 3 unspecified atom stereocenters. The fourth-order valence-corrected chi connectivity index (χ4v) is 11.6. The van der Waals surface area contributed by atoms with Gasteiger partial charge < -0.3 is 19.8 Å². The van der Waals surface area contributed by atoms with Crippen LogP contribution in [0, 0.1) is 0 Å². The first-order valence-electron chi connectivity index (χ1n) is 34.6. The number of phosphoric acid groups is 1. The van der Waals surface area contributed by atoms with Gasteiger partial charge in [-0.1, -0.05) is 334 Å². The molecule has 0 aromatic heterocycles. The second-order valence-electron chi connectivity index (χ2n) is 25.3. The third-order valence-corrected chi connectivity index (χ3v) is 17.2. The zero-order chi connectivity index (χ0) is 56.3. The summed E-state index contributed by atoms with van der Waals surface area (Å²) in [5.41, 5.74) is 0. The molecule has 460 valence electrons. The molecule has 0 aliphatic rings. The van der Waals surface area contributed by atoms with Crippen LogP contribution in [0.5, 0.6) is 0 Å². The van der Waals surface area contributed by atoms with E-state index in [0.717, 1.165) is 38.5 Å². The minimum Gasteiger partial charge on any atom is -0.391 e. The number of rotatable bonds is 65. The lowest BCUT2D eigenvalue weighted by Crippen LogP contribution is -2.46. The van der Waals surface area contributed by atoms with Crippen LogP contribution in [0.1, 0.15) is 367 Å². The second kappa shape index (κ2) is 59.8. The highest BCUT2D eigenvalue weighted by atomic mass is 31.2. The first kappa shape index (κ1) is 76.2. The number of allylic oxidation sites excluding steroid dienone is 2. The van der Waals surface area contributed by atoms with Gasteiger partial charge in [-0.15, -0.1) is 0 Å².